The second-order valence-electron chi connectivity index (χ2n) is 6.66. The van der Waals surface area contributed by atoms with E-state index in [1.165, 1.54) is 0 Å². The van der Waals surface area contributed by atoms with Crippen molar-refractivity contribution in [3.63, 3.8) is 0 Å². The number of carbonyl (C=O) groups excluding carboxylic acids is 1. The van der Waals surface area contributed by atoms with E-state index in [0.29, 0.717) is 12.5 Å². The number of rotatable bonds is 6. The van der Waals surface area contributed by atoms with Gasteiger partial charge in [0.1, 0.15) is 6.54 Å². The fourth-order valence-electron chi connectivity index (χ4n) is 3.36. The number of aromatic nitrogens is 5. The largest absolute Gasteiger partial charge is 0.352 e. The first-order chi connectivity index (χ1) is 13.3. The Bertz CT molecular complexity index is 882. The summed E-state index contributed by atoms with van der Waals surface area (Å²) in [6, 6.07) is 6.15. The lowest BCUT2D eigenvalue weighted by atomic mass is 10.2. The van der Waals surface area contributed by atoms with Gasteiger partial charge in [-0.05, 0) is 37.5 Å². The Morgan fingerprint density at radius 2 is 1.93 bits per heavy atom. The van der Waals surface area contributed by atoms with E-state index in [-0.39, 0.29) is 18.0 Å². The fraction of sp³-hybridized carbons (Fsp3) is 0.316. The average Bonchev–Trinajstić information content (AvgIpc) is 3.35. The van der Waals surface area contributed by atoms with Crippen LogP contribution in [0.1, 0.15) is 19.3 Å². The maximum Gasteiger partial charge on any atom is 0.240 e. The van der Waals surface area contributed by atoms with Crippen LogP contribution in [0.3, 0.4) is 0 Å². The Morgan fingerprint density at radius 3 is 2.74 bits per heavy atom. The Balaban J connectivity index is 1.31. The first-order valence-electron chi connectivity index (χ1n) is 9.01. The van der Waals surface area contributed by atoms with E-state index in [2.05, 4.69) is 30.6 Å². The molecular weight excluding hydrogens is 342 g/mol. The Hall–Kier alpha value is -3.29. The van der Waals surface area contributed by atoms with E-state index < -0.39 is 0 Å². The van der Waals surface area contributed by atoms with Gasteiger partial charge >= 0.3 is 0 Å². The Morgan fingerprint density at radius 1 is 1.07 bits per heavy atom. The van der Waals surface area contributed by atoms with Crippen molar-refractivity contribution < 1.29 is 4.79 Å². The highest BCUT2D eigenvalue weighted by molar-refractivity contribution is 5.76. The topological polar surface area (TPSA) is 97.6 Å². The van der Waals surface area contributed by atoms with Crippen molar-refractivity contribution in [3.8, 4) is 11.3 Å². The molecule has 0 aliphatic heterocycles. The van der Waals surface area contributed by atoms with Crippen LogP contribution >= 0.6 is 0 Å². The van der Waals surface area contributed by atoms with Gasteiger partial charge in [-0.15, -0.1) is 0 Å². The number of carbonyl (C=O) groups is 1. The maximum atomic E-state index is 12.1. The van der Waals surface area contributed by atoms with E-state index in [0.717, 1.165) is 30.5 Å². The molecule has 0 radical (unpaired) electrons. The molecule has 0 spiro atoms. The first kappa shape index (κ1) is 17.1. The predicted molar refractivity (Wildman–Crippen MR) is 101 cm³/mol. The first-order valence-corrected chi connectivity index (χ1v) is 9.01. The zero-order valence-electron chi connectivity index (χ0n) is 14.8. The molecule has 8 nitrogen and oxygen atoms in total. The Labute approximate surface area is 157 Å². The number of hydrogen-bond donors (Lipinski definition) is 2. The minimum absolute atomic E-state index is 0.00887. The van der Waals surface area contributed by atoms with E-state index >= 15 is 0 Å². The molecule has 1 amide bonds. The molecule has 138 valence electrons. The van der Waals surface area contributed by atoms with Crippen molar-refractivity contribution >= 4 is 11.9 Å². The summed E-state index contributed by atoms with van der Waals surface area (Å²) in [4.78, 5) is 29.0. The van der Waals surface area contributed by atoms with Crippen molar-refractivity contribution in [2.75, 3.05) is 5.32 Å². The normalized spacial score (nSPS) is 19.0. The van der Waals surface area contributed by atoms with Gasteiger partial charge in [0.2, 0.25) is 11.9 Å². The van der Waals surface area contributed by atoms with Crippen molar-refractivity contribution in [3.05, 3.63) is 55.5 Å². The minimum atomic E-state index is 0.00887. The van der Waals surface area contributed by atoms with Crippen LogP contribution in [0.2, 0.25) is 0 Å². The van der Waals surface area contributed by atoms with Crippen LogP contribution in [-0.2, 0) is 11.3 Å². The van der Waals surface area contributed by atoms with Crippen LogP contribution < -0.4 is 10.6 Å². The highest BCUT2D eigenvalue weighted by Crippen LogP contribution is 2.23. The molecule has 1 aliphatic carbocycles. The highest BCUT2D eigenvalue weighted by Gasteiger charge is 2.26. The van der Waals surface area contributed by atoms with Crippen LogP contribution in [0, 0.1) is 0 Å². The molecule has 3 heterocycles. The monoisotopic (exact) mass is 363 g/mol. The third-order valence-corrected chi connectivity index (χ3v) is 4.65. The molecule has 0 aromatic carbocycles. The van der Waals surface area contributed by atoms with Crippen LogP contribution in [-0.4, -0.2) is 42.5 Å². The molecule has 0 unspecified atom stereocenters. The van der Waals surface area contributed by atoms with Gasteiger partial charge in [0.15, 0.2) is 0 Å². The molecule has 1 saturated carbocycles. The second kappa shape index (κ2) is 7.94. The molecule has 0 bridgehead atoms. The van der Waals surface area contributed by atoms with Gasteiger partial charge in [-0.2, -0.15) is 0 Å². The lowest BCUT2D eigenvalue weighted by Crippen LogP contribution is -2.36. The molecule has 1 aliphatic rings. The summed E-state index contributed by atoms with van der Waals surface area (Å²) in [5.41, 5.74) is 1.87. The second-order valence-corrected chi connectivity index (χ2v) is 6.66. The van der Waals surface area contributed by atoms with Crippen LogP contribution in [0.5, 0.6) is 0 Å². The quantitative estimate of drug-likeness (QED) is 0.694. The molecule has 8 heteroatoms. The molecule has 3 aromatic rings. The summed E-state index contributed by atoms with van der Waals surface area (Å²) in [5.74, 6) is 0.620. The van der Waals surface area contributed by atoms with E-state index in [1.54, 1.807) is 41.9 Å². The Kier molecular flexibility index (Phi) is 5.04. The molecule has 3 aromatic heterocycles. The van der Waals surface area contributed by atoms with Crippen molar-refractivity contribution in [2.24, 2.45) is 0 Å². The number of hydrogen-bond acceptors (Lipinski definition) is 6. The minimum Gasteiger partial charge on any atom is -0.352 e. The average molecular weight is 363 g/mol. The summed E-state index contributed by atoms with van der Waals surface area (Å²) in [6.45, 7) is 0.297. The molecule has 1 fully saturated rings. The SMILES string of the molecule is O=C(Cn1ccnc1)N[C@H]1CC[C@H](Nc2nccc(-c3ccncc3)n2)C1. The molecule has 2 N–H and O–H groups in total. The van der Waals surface area contributed by atoms with E-state index in [1.807, 2.05) is 18.2 Å². The van der Waals surface area contributed by atoms with Gasteiger partial charge in [0, 0.05) is 48.6 Å². The maximum absolute atomic E-state index is 12.1. The fourth-order valence-corrected chi connectivity index (χ4v) is 3.36. The third-order valence-electron chi connectivity index (χ3n) is 4.65. The molecule has 4 rings (SSSR count). The smallest absolute Gasteiger partial charge is 0.240 e. The summed E-state index contributed by atoms with van der Waals surface area (Å²) in [6.07, 6.45) is 13.1. The molecular formula is C19H21N7O. The van der Waals surface area contributed by atoms with Gasteiger partial charge < -0.3 is 15.2 Å². The van der Waals surface area contributed by atoms with Gasteiger partial charge in [-0.1, -0.05) is 0 Å². The van der Waals surface area contributed by atoms with Crippen LogP contribution in [0.4, 0.5) is 5.95 Å². The lowest BCUT2D eigenvalue weighted by molar-refractivity contribution is -0.122. The van der Waals surface area contributed by atoms with Crippen LogP contribution in [0.15, 0.2) is 55.5 Å². The molecule has 2 atom stereocenters. The number of imidazole rings is 1. The van der Waals surface area contributed by atoms with Crippen molar-refractivity contribution in [2.45, 2.75) is 37.9 Å². The summed E-state index contributed by atoms with van der Waals surface area (Å²) >= 11 is 0. The third kappa shape index (κ3) is 4.46. The standard InChI is InChI=1S/C19H21N7O/c27-18(12-26-10-9-21-13-26)23-15-1-2-16(11-15)24-19-22-8-5-17(25-19)14-3-6-20-7-4-14/h3-10,13,15-16H,1-2,11-12H2,(H,23,27)(H,22,24,25)/t15-,16-/m0/s1. The molecule has 27 heavy (non-hydrogen) atoms. The van der Waals surface area contributed by atoms with Crippen LogP contribution in [0.25, 0.3) is 11.3 Å². The van der Waals surface area contributed by atoms with Crippen molar-refractivity contribution in [1.82, 2.24) is 29.8 Å². The zero-order chi connectivity index (χ0) is 18.5. The van der Waals surface area contributed by atoms with E-state index in [4.69, 9.17) is 0 Å². The van der Waals surface area contributed by atoms with Gasteiger partial charge in [0.25, 0.3) is 0 Å². The summed E-state index contributed by atoms with van der Waals surface area (Å²) < 4.78 is 1.76. The highest BCUT2D eigenvalue weighted by atomic mass is 16.2. The number of pyridine rings is 1. The number of amides is 1. The van der Waals surface area contributed by atoms with Gasteiger partial charge in [-0.3, -0.25) is 9.78 Å². The predicted octanol–water partition coefficient (Wildman–Crippen LogP) is 1.88. The number of nitrogens with one attached hydrogen (secondary N) is 2. The lowest BCUT2D eigenvalue weighted by Gasteiger charge is -2.15. The van der Waals surface area contributed by atoms with Gasteiger partial charge in [-0.25, -0.2) is 15.0 Å². The van der Waals surface area contributed by atoms with Crippen molar-refractivity contribution in [1.29, 1.82) is 0 Å². The van der Waals surface area contributed by atoms with Gasteiger partial charge in [0.05, 0.1) is 12.0 Å². The summed E-state index contributed by atoms with van der Waals surface area (Å²) in [5, 5.41) is 6.49. The zero-order valence-corrected chi connectivity index (χ0v) is 14.8. The molecule has 0 saturated heterocycles. The van der Waals surface area contributed by atoms with E-state index in [9.17, 15) is 4.79 Å². The number of nitrogens with zero attached hydrogens (tertiary/aromatic N) is 5. The number of anilines is 1. The summed E-state index contributed by atoms with van der Waals surface area (Å²) in [7, 11) is 0.